The fraction of sp³-hybridized carbons (Fsp3) is 0.714. The molecule has 20 heavy (non-hydrogen) atoms. The molecule has 1 amide bonds. The summed E-state index contributed by atoms with van der Waals surface area (Å²) in [6.45, 7) is 1.36. The third-order valence-electron chi connectivity index (χ3n) is 5.13. The van der Waals surface area contributed by atoms with Crippen molar-refractivity contribution in [1.29, 1.82) is 0 Å². The van der Waals surface area contributed by atoms with Gasteiger partial charge in [0.2, 0.25) is 0 Å². The van der Waals surface area contributed by atoms with Gasteiger partial charge in [-0.3, -0.25) is 9.89 Å². The van der Waals surface area contributed by atoms with Crippen molar-refractivity contribution in [3.8, 4) is 0 Å². The largest absolute Gasteiger partial charge is 0.395 e. The Labute approximate surface area is 117 Å². The van der Waals surface area contributed by atoms with E-state index in [4.69, 9.17) is 5.73 Å². The highest BCUT2D eigenvalue weighted by molar-refractivity contribution is 5.98. The lowest BCUT2D eigenvalue weighted by molar-refractivity contribution is 0.0747. The van der Waals surface area contributed by atoms with Crippen molar-refractivity contribution in [3.63, 3.8) is 0 Å². The van der Waals surface area contributed by atoms with E-state index in [0.717, 1.165) is 37.9 Å². The van der Waals surface area contributed by atoms with Gasteiger partial charge in [0.05, 0.1) is 17.5 Å². The maximum Gasteiger partial charge on any atom is 0.276 e. The topological polar surface area (TPSA) is 95.2 Å². The zero-order valence-electron chi connectivity index (χ0n) is 11.4. The van der Waals surface area contributed by atoms with Gasteiger partial charge in [-0.25, -0.2) is 0 Å². The van der Waals surface area contributed by atoms with E-state index >= 15 is 0 Å². The van der Waals surface area contributed by atoms with Crippen molar-refractivity contribution in [2.45, 2.75) is 37.7 Å². The predicted molar refractivity (Wildman–Crippen MR) is 73.1 cm³/mol. The Morgan fingerprint density at radius 3 is 2.80 bits per heavy atom. The molecule has 6 heteroatoms. The van der Waals surface area contributed by atoms with E-state index in [2.05, 4.69) is 10.2 Å². The van der Waals surface area contributed by atoms with Crippen LogP contribution >= 0.6 is 0 Å². The number of carbonyl (C=O) groups excluding carboxylic acids is 1. The van der Waals surface area contributed by atoms with Gasteiger partial charge < -0.3 is 15.7 Å². The van der Waals surface area contributed by atoms with Crippen LogP contribution in [0, 0.1) is 11.8 Å². The number of nitrogen functional groups attached to an aromatic ring is 1. The summed E-state index contributed by atoms with van der Waals surface area (Å²) in [4.78, 5) is 14.4. The predicted octanol–water partition coefficient (Wildman–Crippen LogP) is 0.712. The SMILES string of the molecule is Nc1c(C(=O)N2CC3CCC(O)C3C2)n[nH]c1C1CC1. The molecule has 0 bridgehead atoms. The number of likely N-dealkylation sites (tertiary alicyclic amines) is 1. The van der Waals surface area contributed by atoms with Gasteiger partial charge in [-0.15, -0.1) is 0 Å². The van der Waals surface area contributed by atoms with Crippen LogP contribution in [-0.4, -0.2) is 45.3 Å². The minimum atomic E-state index is -0.253. The van der Waals surface area contributed by atoms with E-state index in [9.17, 15) is 9.90 Å². The molecule has 1 saturated heterocycles. The minimum Gasteiger partial charge on any atom is -0.395 e. The first kappa shape index (κ1) is 12.2. The van der Waals surface area contributed by atoms with Crippen LogP contribution in [0.1, 0.15) is 47.8 Å². The smallest absolute Gasteiger partial charge is 0.276 e. The summed E-state index contributed by atoms with van der Waals surface area (Å²) in [5.41, 5.74) is 7.87. The second kappa shape index (κ2) is 4.22. The number of nitrogens with one attached hydrogen (secondary N) is 1. The Morgan fingerprint density at radius 2 is 2.10 bits per heavy atom. The first-order valence-corrected chi connectivity index (χ1v) is 7.46. The lowest BCUT2D eigenvalue weighted by Gasteiger charge is -2.17. The van der Waals surface area contributed by atoms with Crippen molar-refractivity contribution >= 4 is 11.6 Å². The maximum atomic E-state index is 12.5. The summed E-state index contributed by atoms with van der Waals surface area (Å²) in [6, 6.07) is 0. The molecule has 6 nitrogen and oxygen atoms in total. The summed E-state index contributed by atoms with van der Waals surface area (Å²) >= 11 is 0. The number of anilines is 1. The Balaban J connectivity index is 1.53. The van der Waals surface area contributed by atoms with Crippen molar-refractivity contribution in [2.75, 3.05) is 18.8 Å². The van der Waals surface area contributed by atoms with E-state index in [1.54, 1.807) is 4.90 Å². The Kier molecular flexibility index (Phi) is 2.57. The quantitative estimate of drug-likeness (QED) is 0.741. The van der Waals surface area contributed by atoms with Crippen molar-refractivity contribution in [1.82, 2.24) is 15.1 Å². The number of hydrogen-bond acceptors (Lipinski definition) is 4. The van der Waals surface area contributed by atoms with Crippen LogP contribution in [-0.2, 0) is 0 Å². The molecule has 3 unspecified atom stereocenters. The van der Waals surface area contributed by atoms with E-state index in [1.165, 1.54) is 0 Å². The number of aliphatic hydroxyl groups excluding tert-OH is 1. The molecule has 0 aromatic carbocycles. The number of nitrogens with two attached hydrogens (primary N) is 1. The summed E-state index contributed by atoms with van der Waals surface area (Å²) in [7, 11) is 0. The molecular weight excluding hydrogens is 256 g/mol. The number of carbonyl (C=O) groups is 1. The van der Waals surface area contributed by atoms with E-state index in [-0.39, 0.29) is 17.9 Å². The number of aromatic amines is 1. The van der Waals surface area contributed by atoms with Crippen LogP contribution in [0.4, 0.5) is 5.69 Å². The molecule has 3 fully saturated rings. The molecule has 2 saturated carbocycles. The molecule has 4 N–H and O–H groups in total. The van der Waals surface area contributed by atoms with Crippen LogP contribution in [0.3, 0.4) is 0 Å². The van der Waals surface area contributed by atoms with Crippen molar-refractivity contribution in [3.05, 3.63) is 11.4 Å². The number of fused-ring (bicyclic) bond motifs is 1. The number of nitrogens with zero attached hydrogens (tertiary/aromatic N) is 2. The normalized spacial score (nSPS) is 32.6. The molecule has 1 aliphatic heterocycles. The highest BCUT2D eigenvalue weighted by Gasteiger charge is 2.44. The molecule has 3 atom stereocenters. The van der Waals surface area contributed by atoms with Crippen molar-refractivity contribution < 1.29 is 9.90 Å². The molecule has 2 heterocycles. The van der Waals surface area contributed by atoms with Gasteiger partial charge in [0, 0.05) is 24.9 Å². The zero-order valence-corrected chi connectivity index (χ0v) is 11.4. The first-order chi connectivity index (χ1) is 9.65. The van der Waals surface area contributed by atoms with Gasteiger partial charge in [-0.2, -0.15) is 5.10 Å². The molecule has 108 valence electrons. The number of aliphatic hydroxyl groups is 1. The molecule has 1 aromatic rings. The molecule has 0 spiro atoms. The second-order valence-electron chi connectivity index (χ2n) is 6.45. The van der Waals surface area contributed by atoms with Crippen LogP contribution in [0.5, 0.6) is 0 Å². The summed E-state index contributed by atoms with van der Waals surface area (Å²) < 4.78 is 0. The number of H-pyrrole nitrogens is 1. The highest BCUT2D eigenvalue weighted by atomic mass is 16.3. The van der Waals surface area contributed by atoms with Gasteiger partial charge >= 0.3 is 0 Å². The monoisotopic (exact) mass is 276 g/mol. The van der Waals surface area contributed by atoms with Gasteiger partial charge in [-0.05, 0) is 31.6 Å². The Morgan fingerprint density at radius 1 is 1.30 bits per heavy atom. The lowest BCUT2D eigenvalue weighted by Crippen LogP contribution is -2.31. The van der Waals surface area contributed by atoms with Gasteiger partial charge in [0.1, 0.15) is 0 Å². The molecule has 0 radical (unpaired) electrons. The first-order valence-electron chi connectivity index (χ1n) is 7.46. The average molecular weight is 276 g/mol. The standard InChI is InChI=1S/C14H20N4O2/c15-11-12(7-1-2-7)16-17-13(11)14(20)18-5-8-3-4-10(19)9(8)6-18/h7-10,19H,1-6,15H2,(H,16,17). The van der Waals surface area contributed by atoms with Crippen LogP contribution < -0.4 is 5.73 Å². The number of rotatable bonds is 2. The summed E-state index contributed by atoms with van der Waals surface area (Å²) in [5, 5.41) is 17.0. The highest BCUT2D eigenvalue weighted by Crippen LogP contribution is 2.43. The molecule has 4 rings (SSSR count). The van der Waals surface area contributed by atoms with Crippen LogP contribution in [0.15, 0.2) is 0 Å². The average Bonchev–Trinajstić information content (AvgIpc) is 2.92. The second-order valence-corrected chi connectivity index (χ2v) is 6.45. The summed E-state index contributed by atoms with van der Waals surface area (Å²) in [6.07, 6.45) is 3.88. The fourth-order valence-corrected chi connectivity index (χ4v) is 3.76. The van der Waals surface area contributed by atoms with E-state index < -0.39 is 0 Å². The summed E-state index contributed by atoms with van der Waals surface area (Å²) in [5.74, 6) is 1.05. The third kappa shape index (κ3) is 1.74. The molecule has 1 aromatic heterocycles. The zero-order chi connectivity index (χ0) is 13.9. The van der Waals surface area contributed by atoms with Crippen molar-refractivity contribution in [2.24, 2.45) is 11.8 Å². The third-order valence-corrected chi connectivity index (χ3v) is 5.13. The number of amides is 1. The van der Waals surface area contributed by atoms with Gasteiger partial charge in [0.15, 0.2) is 5.69 Å². The van der Waals surface area contributed by atoms with Gasteiger partial charge in [-0.1, -0.05) is 0 Å². The lowest BCUT2D eigenvalue weighted by atomic mass is 10.00. The number of hydrogen-bond donors (Lipinski definition) is 3. The fourth-order valence-electron chi connectivity index (χ4n) is 3.76. The van der Waals surface area contributed by atoms with E-state index in [1.807, 2.05) is 0 Å². The Hall–Kier alpha value is -1.56. The minimum absolute atomic E-state index is 0.0905. The number of aromatic nitrogens is 2. The van der Waals surface area contributed by atoms with Gasteiger partial charge in [0.25, 0.3) is 5.91 Å². The molecule has 3 aliphatic rings. The molecule has 2 aliphatic carbocycles. The Bertz CT molecular complexity index is 551. The van der Waals surface area contributed by atoms with E-state index in [0.29, 0.717) is 29.8 Å². The van der Waals surface area contributed by atoms with Crippen LogP contribution in [0.2, 0.25) is 0 Å². The molecular formula is C14H20N4O2. The van der Waals surface area contributed by atoms with Crippen LogP contribution in [0.25, 0.3) is 0 Å². The maximum absolute atomic E-state index is 12.5.